The van der Waals surface area contributed by atoms with Gasteiger partial charge in [0.2, 0.25) is 5.91 Å². The zero-order valence-corrected chi connectivity index (χ0v) is 14.1. The molecule has 0 saturated heterocycles. The zero-order chi connectivity index (χ0) is 17.1. The van der Waals surface area contributed by atoms with Crippen LogP contribution in [0.25, 0.3) is 10.9 Å². The smallest absolute Gasteiger partial charge is 0.244 e. The second-order valence-corrected chi connectivity index (χ2v) is 5.64. The van der Waals surface area contributed by atoms with E-state index in [-0.39, 0.29) is 12.5 Å². The summed E-state index contributed by atoms with van der Waals surface area (Å²) < 4.78 is 12.3. The summed E-state index contributed by atoms with van der Waals surface area (Å²) in [5.74, 6) is 1.05. The summed E-state index contributed by atoms with van der Waals surface area (Å²) in [5, 5.41) is 4.45. The molecule has 0 aliphatic carbocycles. The van der Waals surface area contributed by atoms with Crippen molar-refractivity contribution in [3.05, 3.63) is 53.7 Å². The third kappa shape index (κ3) is 3.16. The Morgan fingerprint density at radius 1 is 1.17 bits per heavy atom. The maximum Gasteiger partial charge on any atom is 0.244 e. The predicted octanol–water partition coefficient (Wildman–Crippen LogP) is 3.95. The van der Waals surface area contributed by atoms with Crippen molar-refractivity contribution in [3.63, 3.8) is 0 Å². The summed E-state index contributed by atoms with van der Waals surface area (Å²) >= 11 is 6.17. The van der Waals surface area contributed by atoms with Crippen LogP contribution in [0.3, 0.4) is 0 Å². The predicted molar refractivity (Wildman–Crippen MR) is 95.1 cm³/mol. The number of benzene rings is 2. The van der Waals surface area contributed by atoms with Gasteiger partial charge in [-0.15, -0.1) is 0 Å². The van der Waals surface area contributed by atoms with E-state index in [0.717, 1.165) is 10.9 Å². The van der Waals surface area contributed by atoms with Gasteiger partial charge >= 0.3 is 0 Å². The normalized spacial score (nSPS) is 10.6. The Hall–Kier alpha value is -2.66. The lowest BCUT2D eigenvalue weighted by molar-refractivity contribution is -0.116. The number of aromatic nitrogens is 1. The largest absolute Gasteiger partial charge is 0.497 e. The average Bonchev–Trinajstić information content (AvgIpc) is 2.99. The maximum atomic E-state index is 12.4. The number of methoxy groups -OCH3 is 2. The molecule has 24 heavy (non-hydrogen) atoms. The minimum absolute atomic E-state index is 0.168. The van der Waals surface area contributed by atoms with E-state index in [1.807, 2.05) is 35.0 Å². The van der Waals surface area contributed by atoms with Gasteiger partial charge in [-0.3, -0.25) is 4.79 Å². The molecule has 0 aliphatic heterocycles. The van der Waals surface area contributed by atoms with Crippen LogP contribution >= 0.6 is 11.6 Å². The van der Waals surface area contributed by atoms with E-state index >= 15 is 0 Å². The number of hydrogen-bond donors (Lipinski definition) is 1. The summed E-state index contributed by atoms with van der Waals surface area (Å²) in [7, 11) is 3.13. The molecule has 3 rings (SSSR count). The van der Waals surface area contributed by atoms with E-state index in [2.05, 4.69) is 5.32 Å². The molecule has 1 heterocycles. The number of nitrogens with one attached hydrogen (secondary N) is 1. The van der Waals surface area contributed by atoms with Gasteiger partial charge in [0, 0.05) is 28.2 Å². The minimum atomic E-state index is -0.168. The monoisotopic (exact) mass is 344 g/mol. The van der Waals surface area contributed by atoms with Gasteiger partial charge in [-0.25, -0.2) is 0 Å². The molecule has 0 bridgehead atoms. The van der Waals surface area contributed by atoms with Crippen LogP contribution in [0.4, 0.5) is 5.69 Å². The molecule has 0 saturated carbocycles. The molecule has 1 N–H and O–H groups in total. The van der Waals surface area contributed by atoms with Crippen molar-refractivity contribution in [1.29, 1.82) is 0 Å². The molecule has 0 aliphatic rings. The Labute approximate surface area is 144 Å². The SMILES string of the molecule is COc1ccc(OC)c(NC(=O)Cn2ccc3c(Cl)cccc32)c1. The van der Waals surface area contributed by atoms with Crippen molar-refractivity contribution in [2.45, 2.75) is 6.54 Å². The molecule has 0 atom stereocenters. The van der Waals surface area contributed by atoms with Crippen molar-refractivity contribution >= 4 is 34.1 Å². The van der Waals surface area contributed by atoms with Crippen LogP contribution in [0.5, 0.6) is 11.5 Å². The standard InChI is InChI=1S/C18H17ClN2O3/c1-23-12-6-7-17(24-2)15(10-12)20-18(22)11-21-9-8-13-14(19)4-3-5-16(13)21/h3-10H,11H2,1-2H3,(H,20,22). The lowest BCUT2D eigenvalue weighted by atomic mass is 10.2. The van der Waals surface area contributed by atoms with E-state index in [1.54, 1.807) is 32.4 Å². The highest BCUT2D eigenvalue weighted by Crippen LogP contribution is 2.29. The van der Waals surface area contributed by atoms with E-state index < -0.39 is 0 Å². The Kier molecular flexibility index (Phi) is 4.62. The second kappa shape index (κ2) is 6.84. The number of carbonyl (C=O) groups is 1. The first-order chi connectivity index (χ1) is 11.6. The Bertz CT molecular complexity index is 889. The summed E-state index contributed by atoms with van der Waals surface area (Å²) in [5.41, 5.74) is 1.48. The summed E-state index contributed by atoms with van der Waals surface area (Å²) in [6.45, 7) is 0.171. The van der Waals surface area contributed by atoms with Crippen molar-refractivity contribution in [3.8, 4) is 11.5 Å². The number of rotatable bonds is 5. The number of nitrogens with zero attached hydrogens (tertiary/aromatic N) is 1. The highest BCUT2D eigenvalue weighted by molar-refractivity contribution is 6.35. The van der Waals surface area contributed by atoms with Gasteiger partial charge in [-0.1, -0.05) is 17.7 Å². The van der Waals surface area contributed by atoms with Crippen LogP contribution in [-0.4, -0.2) is 24.7 Å². The second-order valence-electron chi connectivity index (χ2n) is 5.23. The molecule has 3 aromatic rings. The fraction of sp³-hybridized carbons (Fsp3) is 0.167. The van der Waals surface area contributed by atoms with Crippen LogP contribution < -0.4 is 14.8 Å². The van der Waals surface area contributed by atoms with Crippen LogP contribution in [0, 0.1) is 0 Å². The molecule has 5 nitrogen and oxygen atoms in total. The minimum Gasteiger partial charge on any atom is -0.497 e. The summed E-state index contributed by atoms with van der Waals surface area (Å²) in [6, 6.07) is 12.8. The molecule has 2 aromatic carbocycles. The lowest BCUT2D eigenvalue weighted by Crippen LogP contribution is -2.18. The first-order valence-corrected chi connectivity index (χ1v) is 7.75. The first kappa shape index (κ1) is 16.2. The lowest BCUT2D eigenvalue weighted by Gasteiger charge is -2.12. The van der Waals surface area contributed by atoms with E-state index in [0.29, 0.717) is 22.2 Å². The molecular weight excluding hydrogens is 328 g/mol. The molecule has 1 amide bonds. The summed E-state index contributed by atoms with van der Waals surface area (Å²) in [6.07, 6.45) is 1.85. The molecule has 0 fully saturated rings. The number of anilines is 1. The molecular formula is C18H17ClN2O3. The van der Waals surface area contributed by atoms with Crippen molar-refractivity contribution in [2.75, 3.05) is 19.5 Å². The topological polar surface area (TPSA) is 52.5 Å². The van der Waals surface area contributed by atoms with E-state index in [9.17, 15) is 4.79 Å². The highest BCUT2D eigenvalue weighted by Gasteiger charge is 2.11. The average molecular weight is 345 g/mol. The fourth-order valence-electron chi connectivity index (χ4n) is 2.58. The molecule has 0 spiro atoms. The zero-order valence-electron chi connectivity index (χ0n) is 13.4. The fourth-order valence-corrected chi connectivity index (χ4v) is 2.81. The molecule has 6 heteroatoms. The Morgan fingerprint density at radius 3 is 2.75 bits per heavy atom. The van der Waals surface area contributed by atoms with E-state index in [1.165, 1.54) is 0 Å². The van der Waals surface area contributed by atoms with Crippen LogP contribution in [-0.2, 0) is 11.3 Å². The Morgan fingerprint density at radius 2 is 2.00 bits per heavy atom. The molecule has 0 radical (unpaired) electrons. The van der Waals surface area contributed by atoms with Gasteiger partial charge in [-0.05, 0) is 30.3 Å². The highest BCUT2D eigenvalue weighted by atomic mass is 35.5. The van der Waals surface area contributed by atoms with E-state index in [4.69, 9.17) is 21.1 Å². The van der Waals surface area contributed by atoms with Crippen molar-refractivity contribution < 1.29 is 14.3 Å². The Balaban J connectivity index is 1.81. The number of ether oxygens (including phenoxy) is 2. The number of fused-ring (bicyclic) bond motifs is 1. The van der Waals surface area contributed by atoms with Crippen molar-refractivity contribution in [2.24, 2.45) is 0 Å². The third-order valence-corrected chi connectivity index (χ3v) is 4.08. The number of amides is 1. The van der Waals surface area contributed by atoms with Gasteiger partial charge < -0.3 is 19.4 Å². The number of hydrogen-bond acceptors (Lipinski definition) is 3. The van der Waals surface area contributed by atoms with Crippen molar-refractivity contribution in [1.82, 2.24) is 4.57 Å². The number of carbonyl (C=O) groups excluding carboxylic acids is 1. The third-order valence-electron chi connectivity index (χ3n) is 3.76. The van der Waals surface area contributed by atoms with Gasteiger partial charge in [-0.2, -0.15) is 0 Å². The summed E-state index contributed by atoms with van der Waals surface area (Å²) in [4.78, 5) is 12.4. The van der Waals surface area contributed by atoms with Crippen LogP contribution in [0.1, 0.15) is 0 Å². The van der Waals surface area contributed by atoms with Crippen LogP contribution in [0.15, 0.2) is 48.7 Å². The van der Waals surface area contributed by atoms with Gasteiger partial charge in [0.15, 0.2) is 0 Å². The van der Waals surface area contributed by atoms with Crippen LogP contribution in [0.2, 0.25) is 5.02 Å². The maximum absolute atomic E-state index is 12.4. The number of halogens is 1. The van der Waals surface area contributed by atoms with Gasteiger partial charge in [0.1, 0.15) is 18.0 Å². The first-order valence-electron chi connectivity index (χ1n) is 7.37. The van der Waals surface area contributed by atoms with Gasteiger partial charge in [0.25, 0.3) is 0 Å². The quantitative estimate of drug-likeness (QED) is 0.762. The molecule has 124 valence electrons. The molecule has 0 unspecified atom stereocenters. The molecule has 1 aromatic heterocycles. The van der Waals surface area contributed by atoms with Gasteiger partial charge in [0.05, 0.1) is 19.9 Å².